The number of alkyl halides is 5. The van der Waals surface area contributed by atoms with Crippen LogP contribution in [0.4, 0.5) is 27.9 Å². The Kier molecular flexibility index (Phi) is 9.75. The molecule has 3 aliphatic rings. The average molecular weight is 756 g/mol. The van der Waals surface area contributed by atoms with Gasteiger partial charge < -0.3 is 24.6 Å². The minimum atomic E-state index is -5.09. The first-order valence-electron chi connectivity index (χ1n) is 18.2. The third kappa shape index (κ3) is 7.69. The van der Waals surface area contributed by atoms with Crippen LogP contribution in [0.5, 0.6) is 5.75 Å². The lowest BCUT2D eigenvalue weighted by molar-refractivity contribution is -0.147. The van der Waals surface area contributed by atoms with Crippen molar-refractivity contribution in [1.29, 1.82) is 0 Å². The highest BCUT2D eigenvalue weighted by molar-refractivity contribution is 5.99. The molecule has 1 aliphatic heterocycles. The van der Waals surface area contributed by atoms with E-state index in [-0.39, 0.29) is 62.1 Å². The van der Waals surface area contributed by atoms with E-state index >= 15 is 0 Å². The quantitative estimate of drug-likeness (QED) is 0.172. The first-order valence-corrected chi connectivity index (χ1v) is 18.2. The number of benzene rings is 1. The van der Waals surface area contributed by atoms with Crippen LogP contribution in [0.15, 0.2) is 49.1 Å². The maximum atomic E-state index is 14.6. The molecule has 2 aliphatic carbocycles. The number of hydrogen-bond donors (Lipinski definition) is 2. The van der Waals surface area contributed by atoms with Crippen molar-refractivity contribution in [2.24, 2.45) is 5.41 Å². The van der Waals surface area contributed by atoms with Crippen molar-refractivity contribution in [3.05, 3.63) is 60.3 Å². The number of halogens is 5. The van der Waals surface area contributed by atoms with Crippen LogP contribution >= 0.6 is 0 Å². The molecule has 1 unspecified atom stereocenters. The molecule has 0 spiro atoms. The first kappa shape index (κ1) is 37.4. The highest BCUT2D eigenvalue weighted by atomic mass is 19.4. The Labute approximate surface area is 308 Å². The molecule has 1 amide bonds. The van der Waals surface area contributed by atoms with Crippen LogP contribution in [0.25, 0.3) is 22.3 Å². The molecule has 2 N–H and O–H groups in total. The molecule has 7 rings (SSSR count). The number of aliphatic carboxylic acids is 1. The number of nitrogens with zero attached hydrogens (tertiary/aromatic N) is 6. The van der Waals surface area contributed by atoms with E-state index in [9.17, 15) is 36.6 Å². The van der Waals surface area contributed by atoms with Gasteiger partial charge in [0.1, 0.15) is 17.4 Å². The molecule has 1 aromatic carbocycles. The predicted molar refractivity (Wildman–Crippen MR) is 188 cm³/mol. The van der Waals surface area contributed by atoms with Crippen molar-refractivity contribution < 1.29 is 41.4 Å². The number of carbonyl (C=O) groups excluding carboxylic acids is 1. The Morgan fingerprint density at radius 3 is 2.33 bits per heavy atom. The summed E-state index contributed by atoms with van der Waals surface area (Å²) < 4.78 is 80.6. The van der Waals surface area contributed by atoms with E-state index in [2.05, 4.69) is 30.2 Å². The number of anilines is 1. The molecular weight excluding hydrogens is 713 g/mol. The number of carbonyl (C=O) groups is 2. The first-order chi connectivity index (χ1) is 25.5. The highest BCUT2D eigenvalue weighted by Gasteiger charge is 2.48. The maximum Gasteiger partial charge on any atom is 0.434 e. The Morgan fingerprint density at radius 2 is 1.69 bits per heavy atom. The van der Waals surface area contributed by atoms with E-state index in [1.54, 1.807) is 47.4 Å². The Balaban J connectivity index is 1.21. The fourth-order valence-corrected chi connectivity index (χ4v) is 8.29. The lowest BCUT2D eigenvalue weighted by atomic mass is 9.68. The Bertz CT molecular complexity index is 2020. The normalized spacial score (nSPS) is 22.2. The minimum Gasteiger partial charge on any atom is -0.490 e. The number of piperidine rings is 1. The molecule has 1 saturated heterocycles. The number of amides is 1. The van der Waals surface area contributed by atoms with Crippen molar-refractivity contribution in [3.63, 3.8) is 0 Å². The summed E-state index contributed by atoms with van der Waals surface area (Å²) in [6, 6.07) is 6.55. The Morgan fingerprint density at radius 1 is 0.981 bits per heavy atom. The molecule has 4 heterocycles. The van der Waals surface area contributed by atoms with Crippen molar-refractivity contribution in [3.8, 4) is 17.1 Å². The molecule has 2 saturated carbocycles. The summed E-state index contributed by atoms with van der Waals surface area (Å²) in [4.78, 5) is 44.7. The monoisotopic (exact) mass is 755 g/mol. The van der Waals surface area contributed by atoms with Gasteiger partial charge in [-0.25, -0.2) is 33.5 Å². The van der Waals surface area contributed by atoms with Crippen LogP contribution in [0.2, 0.25) is 0 Å². The zero-order valence-corrected chi connectivity index (χ0v) is 30.0. The minimum absolute atomic E-state index is 0.0432. The Hall–Kier alpha value is -4.89. The second-order valence-corrected chi connectivity index (χ2v) is 15.6. The SMILES string of the molecule is CC1(C)CCCC(NC(=O)c2cnc(-c3cn(C4CCC(F)(F)CC4)c4cc(OC5CCN(c6ncccn6)CC5)ccc34)nc2C(F)(F)F)(C(=O)O)C1. The van der Waals surface area contributed by atoms with E-state index in [0.29, 0.717) is 61.4 Å². The number of rotatable bonds is 8. The lowest BCUT2D eigenvalue weighted by Gasteiger charge is -2.42. The van der Waals surface area contributed by atoms with Crippen LogP contribution in [0, 0.1) is 5.41 Å². The van der Waals surface area contributed by atoms with Gasteiger partial charge in [-0.2, -0.15) is 13.2 Å². The van der Waals surface area contributed by atoms with Crippen molar-refractivity contribution in [2.75, 3.05) is 18.0 Å². The number of aromatic nitrogens is 5. The second-order valence-electron chi connectivity index (χ2n) is 15.6. The van der Waals surface area contributed by atoms with Gasteiger partial charge in [-0.05, 0) is 62.1 Å². The van der Waals surface area contributed by atoms with Crippen molar-refractivity contribution >= 4 is 28.7 Å². The van der Waals surface area contributed by atoms with Gasteiger partial charge in [0.05, 0.1) is 11.1 Å². The summed E-state index contributed by atoms with van der Waals surface area (Å²) in [7, 11) is 0. The summed E-state index contributed by atoms with van der Waals surface area (Å²) in [5.74, 6) is -4.51. The number of fused-ring (bicyclic) bond motifs is 1. The zero-order chi connectivity index (χ0) is 38.5. The van der Waals surface area contributed by atoms with Crippen LogP contribution in [0.3, 0.4) is 0 Å². The summed E-state index contributed by atoms with van der Waals surface area (Å²) in [5, 5.41) is 13.0. The summed E-state index contributed by atoms with van der Waals surface area (Å²) in [5.41, 5.74) is -3.83. The number of hydrogen-bond acceptors (Lipinski definition) is 8. The third-order valence-corrected chi connectivity index (χ3v) is 11.0. The van der Waals surface area contributed by atoms with Crippen LogP contribution < -0.4 is 15.0 Å². The standard InChI is InChI=1S/C38H42F5N7O4/c1-35(2)11-3-12-36(22-35,33(52)53)48-32(51)27-20-46-31(47-30(27)38(41,42)43)28-21-50(23-7-13-37(39,40)14-8-23)29-19-25(5-6-26(28)29)54-24-9-17-49(18-10-24)34-44-15-4-16-45-34/h4-6,15-16,19-21,23-24H,3,7-14,17-18,22H2,1-2H3,(H,48,51)(H,52,53). The van der Waals surface area contributed by atoms with Gasteiger partial charge in [-0.15, -0.1) is 0 Å². The summed E-state index contributed by atoms with van der Waals surface area (Å²) >= 11 is 0. The smallest absolute Gasteiger partial charge is 0.434 e. The number of nitrogens with one attached hydrogen (secondary N) is 1. The predicted octanol–water partition coefficient (Wildman–Crippen LogP) is 7.86. The van der Waals surface area contributed by atoms with Gasteiger partial charge in [-0.3, -0.25) is 4.79 Å². The van der Waals surface area contributed by atoms with Crippen LogP contribution in [-0.2, 0) is 11.0 Å². The largest absolute Gasteiger partial charge is 0.490 e. The fraction of sp³-hybridized carbons (Fsp3) is 0.526. The van der Waals surface area contributed by atoms with Gasteiger partial charge in [-0.1, -0.05) is 13.8 Å². The molecule has 288 valence electrons. The molecule has 4 aromatic rings. The molecule has 3 aromatic heterocycles. The molecule has 11 nitrogen and oxygen atoms in total. The third-order valence-electron chi connectivity index (χ3n) is 11.0. The maximum absolute atomic E-state index is 14.6. The lowest BCUT2D eigenvalue weighted by Crippen LogP contribution is -2.58. The van der Waals surface area contributed by atoms with E-state index in [4.69, 9.17) is 4.74 Å². The molecular formula is C38H42F5N7O4. The van der Waals surface area contributed by atoms with Gasteiger partial charge >= 0.3 is 12.1 Å². The van der Waals surface area contributed by atoms with Crippen LogP contribution in [0.1, 0.15) is 100 Å². The number of carboxylic acids is 1. The van der Waals surface area contributed by atoms with Gasteiger partial charge in [0.15, 0.2) is 11.5 Å². The molecule has 1 atom stereocenters. The van der Waals surface area contributed by atoms with Gasteiger partial charge in [0.25, 0.3) is 5.91 Å². The van der Waals surface area contributed by atoms with Crippen LogP contribution in [-0.4, -0.2) is 72.1 Å². The topological polar surface area (TPSA) is 135 Å². The molecule has 3 fully saturated rings. The number of ether oxygens (including phenoxy) is 1. The van der Waals surface area contributed by atoms with E-state index in [0.717, 1.165) is 6.20 Å². The molecule has 0 bridgehead atoms. The molecule has 54 heavy (non-hydrogen) atoms. The molecule has 16 heteroatoms. The van der Waals surface area contributed by atoms with E-state index < -0.39 is 46.2 Å². The average Bonchev–Trinajstić information content (AvgIpc) is 3.50. The fourth-order valence-electron chi connectivity index (χ4n) is 8.29. The van der Waals surface area contributed by atoms with E-state index in [1.165, 1.54) is 0 Å². The highest BCUT2D eigenvalue weighted by Crippen LogP contribution is 2.44. The van der Waals surface area contributed by atoms with Crippen molar-refractivity contribution in [1.82, 2.24) is 29.8 Å². The summed E-state index contributed by atoms with van der Waals surface area (Å²) in [6.45, 7) is 5.06. The van der Waals surface area contributed by atoms with E-state index in [1.807, 2.05) is 13.8 Å². The van der Waals surface area contributed by atoms with Gasteiger partial charge in [0.2, 0.25) is 11.9 Å². The van der Waals surface area contributed by atoms with Crippen molar-refractivity contribution in [2.45, 2.75) is 108 Å². The van der Waals surface area contributed by atoms with Gasteiger partial charge in [0, 0.05) is 86.6 Å². The zero-order valence-electron chi connectivity index (χ0n) is 30.0. The second kappa shape index (κ2) is 14.1. The molecule has 0 radical (unpaired) electrons. The summed E-state index contributed by atoms with van der Waals surface area (Å²) in [6.07, 6.45) is 2.82. The number of carboxylic acid groups (broad SMARTS) is 1.